The molecule has 1 N–H and O–H groups in total. The smallest absolute Gasteiger partial charge is 0.291 e. The number of amides is 2. The largest absolute Gasteiger partial charge is 0.459 e. The van der Waals surface area contributed by atoms with E-state index in [1.54, 1.807) is 47.1 Å². The summed E-state index contributed by atoms with van der Waals surface area (Å²) >= 11 is 1.23. The minimum atomic E-state index is -0.343. The SMILES string of the molecule is CN(Cc1cnn(C)c1)C(=O)c1ccc(NC(=O)c2ccco2)s1. The molecule has 0 saturated heterocycles. The van der Waals surface area contributed by atoms with E-state index in [1.165, 1.54) is 17.6 Å². The highest BCUT2D eigenvalue weighted by Gasteiger charge is 2.17. The lowest BCUT2D eigenvalue weighted by molar-refractivity contribution is 0.0789. The van der Waals surface area contributed by atoms with Gasteiger partial charge in [-0.2, -0.15) is 5.10 Å². The molecule has 8 heteroatoms. The number of rotatable bonds is 5. The average Bonchev–Trinajstić information content (AvgIpc) is 3.28. The predicted molar refractivity (Wildman–Crippen MR) is 90.0 cm³/mol. The lowest BCUT2D eigenvalue weighted by Crippen LogP contribution is -2.25. The number of anilines is 1. The number of nitrogens with one attached hydrogen (secondary N) is 1. The predicted octanol–water partition coefficient (Wildman–Crippen LogP) is 2.60. The van der Waals surface area contributed by atoms with Gasteiger partial charge in [0.2, 0.25) is 0 Å². The van der Waals surface area contributed by atoms with Gasteiger partial charge in [0.25, 0.3) is 11.8 Å². The maximum Gasteiger partial charge on any atom is 0.291 e. The third-order valence-electron chi connectivity index (χ3n) is 3.32. The number of hydrogen-bond acceptors (Lipinski definition) is 5. The minimum Gasteiger partial charge on any atom is -0.459 e. The molecule has 2 amide bonds. The number of aromatic nitrogens is 2. The van der Waals surface area contributed by atoms with Gasteiger partial charge in [-0.3, -0.25) is 14.3 Å². The molecule has 0 radical (unpaired) electrons. The van der Waals surface area contributed by atoms with Crippen LogP contribution in [0.1, 0.15) is 25.8 Å². The summed E-state index contributed by atoms with van der Waals surface area (Å²) in [6.07, 6.45) is 5.03. The Morgan fingerprint density at radius 3 is 2.88 bits per heavy atom. The molecular weight excluding hydrogens is 328 g/mol. The van der Waals surface area contributed by atoms with Crippen LogP contribution in [0.2, 0.25) is 0 Å². The van der Waals surface area contributed by atoms with Crippen LogP contribution in [0.15, 0.2) is 47.3 Å². The summed E-state index contributed by atoms with van der Waals surface area (Å²) in [4.78, 5) is 26.6. The summed E-state index contributed by atoms with van der Waals surface area (Å²) in [5.41, 5.74) is 0.955. The van der Waals surface area contributed by atoms with Crippen molar-refractivity contribution in [2.24, 2.45) is 7.05 Å². The molecule has 3 heterocycles. The third kappa shape index (κ3) is 3.54. The van der Waals surface area contributed by atoms with E-state index in [2.05, 4.69) is 10.4 Å². The van der Waals surface area contributed by atoms with Gasteiger partial charge >= 0.3 is 0 Å². The van der Waals surface area contributed by atoms with Crippen molar-refractivity contribution in [2.45, 2.75) is 6.54 Å². The van der Waals surface area contributed by atoms with Crippen molar-refractivity contribution in [3.8, 4) is 0 Å². The van der Waals surface area contributed by atoms with Gasteiger partial charge in [0, 0.05) is 32.4 Å². The van der Waals surface area contributed by atoms with Gasteiger partial charge in [-0.15, -0.1) is 11.3 Å². The van der Waals surface area contributed by atoms with Gasteiger partial charge in [-0.25, -0.2) is 0 Å². The van der Waals surface area contributed by atoms with E-state index >= 15 is 0 Å². The van der Waals surface area contributed by atoms with E-state index in [9.17, 15) is 9.59 Å². The van der Waals surface area contributed by atoms with Gasteiger partial charge < -0.3 is 14.6 Å². The number of carbonyl (C=O) groups excluding carboxylic acids is 2. The molecule has 0 unspecified atom stereocenters. The van der Waals surface area contributed by atoms with Crippen LogP contribution in [-0.2, 0) is 13.6 Å². The Balaban J connectivity index is 1.63. The highest BCUT2D eigenvalue weighted by Crippen LogP contribution is 2.24. The van der Waals surface area contributed by atoms with E-state index in [4.69, 9.17) is 4.42 Å². The Morgan fingerprint density at radius 2 is 2.21 bits per heavy atom. The van der Waals surface area contributed by atoms with Crippen LogP contribution >= 0.6 is 11.3 Å². The van der Waals surface area contributed by atoms with Gasteiger partial charge in [0.05, 0.1) is 22.3 Å². The molecule has 24 heavy (non-hydrogen) atoms. The van der Waals surface area contributed by atoms with Crippen molar-refractivity contribution in [1.82, 2.24) is 14.7 Å². The number of nitrogens with zero attached hydrogens (tertiary/aromatic N) is 3. The Hall–Kier alpha value is -2.87. The van der Waals surface area contributed by atoms with Crippen LogP contribution in [-0.4, -0.2) is 33.5 Å². The number of hydrogen-bond donors (Lipinski definition) is 1. The molecule has 0 aliphatic heterocycles. The maximum atomic E-state index is 12.5. The summed E-state index contributed by atoms with van der Waals surface area (Å²) in [6.45, 7) is 0.471. The van der Waals surface area contributed by atoms with E-state index in [-0.39, 0.29) is 17.6 Å². The Bertz CT molecular complexity index is 850. The Morgan fingerprint density at radius 1 is 1.38 bits per heavy atom. The highest BCUT2D eigenvalue weighted by molar-refractivity contribution is 7.18. The average molecular weight is 344 g/mol. The first-order valence-corrected chi connectivity index (χ1v) is 8.02. The van der Waals surface area contributed by atoms with Gasteiger partial charge in [0.15, 0.2) is 5.76 Å². The lowest BCUT2D eigenvalue weighted by atomic mass is 10.3. The molecule has 0 saturated carbocycles. The van der Waals surface area contributed by atoms with Crippen LogP contribution in [0.25, 0.3) is 0 Å². The molecular formula is C16H16N4O3S. The van der Waals surface area contributed by atoms with Crippen LogP contribution in [0.3, 0.4) is 0 Å². The molecule has 7 nitrogen and oxygen atoms in total. The third-order valence-corrected chi connectivity index (χ3v) is 4.31. The number of furan rings is 1. The maximum absolute atomic E-state index is 12.5. The number of thiophene rings is 1. The number of carbonyl (C=O) groups is 2. The first kappa shape index (κ1) is 16.0. The van der Waals surface area contributed by atoms with Crippen molar-refractivity contribution in [3.05, 3.63) is 59.1 Å². The van der Waals surface area contributed by atoms with Crippen molar-refractivity contribution < 1.29 is 14.0 Å². The van der Waals surface area contributed by atoms with Crippen molar-refractivity contribution in [1.29, 1.82) is 0 Å². The molecule has 124 valence electrons. The topological polar surface area (TPSA) is 80.4 Å². The molecule has 0 aliphatic rings. The zero-order valence-corrected chi connectivity index (χ0v) is 14.0. The van der Waals surface area contributed by atoms with Gasteiger partial charge in [-0.05, 0) is 24.3 Å². The molecule has 0 fully saturated rings. The molecule has 0 aromatic carbocycles. The second kappa shape index (κ2) is 6.71. The number of aryl methyl sites for hydroxylation is 1. The standard InChI is InChI=1S/C16H16N4O3S/c1-19(9-11-8-17-20(2)10-11)16(22)13-5-6-14(24-13)18-15(21)12-4-3-7-23-12/h3-8,10H,9H2,1-2H3,(H,18,21). The van der Waals surface area contributed by atoms with E-state index < -0.39 is 0 Å². The summed E-state index contributed by atoms with van der Waals surface area (Å²) in [5, 5.41) is 7.39. The molecule has 0 atom stereocenters. The van der Waals surface area contributed by atoms with Crippen LogP contribution in [0.5, 0.6) is 0 Å². The summed E-state index contributed by atoms with van der Waals surface area (Å²) < 4.78 is 6.73. The van der Waals surface area contributed by atoms with Crippen LogP contribution in [0.4, 0.5) is 5.00 Å². The fraction of sp³-hybridized carbons (Fsp3) is 0.188. The van der Waals surface area contributed by atoms with E-state index in [0.29, 0.717) is 16.4 Å². The summed E-state index contributed by atoms with van der Waals surface area (Å²) in [7, 11) is 3.56. The van der Waals surface area contributed by atoms with E-state index in [0.717, 1.165) is 5.56 Å². The van der Waals surface area contributed by atoms with Gasteiger partial charge in [-0.1, -0.05) is 0 Å². The highest BCUT2D eigenvalue weighted by atomic mass is 32.1. The second-order valence-electron chi connectivity index (χ2n) is 5.28. The summed E-state index contributed by atoms with van der Waals surface area (Å²) in [5.74, 6) is -0.225. The van der Waals surface area contributed by atoms with Crippen molar-refractivity contribution >= 4 is 28.2 Å². The molecule has 3 aromatic rings. The Kier molecular flexibility index (Phi) is 4.48. The molecule has 0 aliphatic carbocycles. The first-order valence-electron chi connectivity index (χ1n) is 7.20. The molecule has 0 spiro atoms. The fourth-order valence-electron chi connectivity index (χ4n) is 2.19. The van der Waals surface area contributed by atoms with Crippen molar-refractivity contribution in [3.63, 3.8) is 0 Å². The van der Waals surface area contributed by atoms with Crippen LogP contribution in [0, 0.1) is 0 Å². The molecule has 0 bridgehead atoms. The monoisotopic (exact) mass is 344 g/mol. The lowest BCUT2D eigenvalue weighted by Gasteiger charge is -2.14. The summed E-state index contributed by atoms with van der Waals surface area (Å²) in [6, 6.07) is 6.63. The zero-order chi connectivity index (χ0) is 17.1. The van der Waals surface area contributed by atoms with E-state index in [1.807, 2.05) is 13.2 Å². The zero-order valence-electron chi connectivity index (χ0n) is 13.2. The second-order valence-corrected chi connectivity index (χ2v) is 6.36. The van der Waals surface area contributed by atoms with Crippen molar-refractivity contribution in [2.75, 3.05) is 12.4 Å². The molecule has 3 aromatic heterocycles. The fourth-order valence-corrected chi connectivity index (χ4v) is 3.08. The Labute approximate surface area is 142 Å². The minimum absolute atomic E-state index is 0.109. The normalized spacial score (nSPS) is 10.6. The van der Waals surface area contributed by atoms with Crippen LogP contribution < -0.4 is 5.32 Å². The quantitative estimate of drug-likeness (QED) is 0.771. The van der Waals surface area contributed by atoms with Gasteiger partial charge in [0.1, 0.15) is 0 Å². The first-order chi connectivity index (χ1) is 11.5. The molecule has 3 rings (SSSR count).